The molecule has 1 aromatic heterocycles. The zero-order valence-corrected chi connectivity index (χ0v) is 18.4. The molecule has 0 saturated carbocycles. The third kappa shape index (κ3) is 4.69. The summed E-state index contributed by atoms with van der Waals surface area (Å²) in [6.45, 7) is -0.0523. The number of rotatable bonds is 5. The lowest BCUT2D eigenvalue weighted by Gasteiger charge is -2.36. The molecule has 9 nitrogen and oxygen atoms in total. The summed E-state index contributed by atoms with van der Waals surface area (Å²) in [7, 11) is -3.65. The summed E-state index contributed by atoms with van der Waals surface area (Å²) in [6, 6.07) is 13.8. The number of halogens is 1. The number of nitrogens with zero attached hydrogens (tertiary/aromatic N) is 2. The van der Waals surface area contributed by atoms with E-state index in [1.165, 1.54) is 30.3 Å². The van der Waals surface area contributed by atoms with Crippen molar-refractivity contribution in [2.24, 2.45) is 0 Å². The van der Waals surface area contributed by atoms with E-state index in [0.717, 1.165) is 4.57 Å². The molecular weight excluding hydrogens is 463 g/mol. The fraction of sp³-hybridized carbons (Fsp3) is 0.130. The lowest BCUT2D eigenvalue weighted by atomic mass is 10.1. The van der Waals surface area contributed by atoms with Gasteiger partial charge in [0.25, 0.3) is 5.56 Å². The van der Waals surface area contributed by atoms with Crippen molar-refractivity contribution in [2.45, 2.75) is 18.1 Å². The second kappa shape index (κ2) is 9.11. The number of nitriles is 1. The Balaban J connectivity index is 1.65. The van der Waals surface area contributed by atoms with Gasteiger partial charge in [-0.2, -0.15) is 5.26 Å². The van der Waals surface area contributed by atoms with E-state index in [2.05, 4.69) is 10.3 Å². The Hall–Kier alpha value is -3.98. The highest BCUT2D eigenvalue weighted by Crippen LogP contribution is 2.51. The van der Waals surface area contributed by atoms with E-state index in [1.54, 1.807) is 24.3 Å². The first-order valence-electron chi connectivity index (χ1n) is 10.0. The van der Waals surface area contributed by atoms with E-state index < -0.39 is 39.3 Å². The minimum absolute atomic E-state index is 0.0383. The zero-order valence-electron chi connectivity index (χ0n) is 17.6. The number of carbonyl (C=O) groups is 1. The van der Waals surface area contributed by atoms with Crippen LogP contribution in [0.5, 0.6) is 0 Å². The first-order chi connectivity index (χ1) is 16.2. The highest BCUT2D eigenvalue weighted by Gasteiger charge is 2.32. The zero-order chi connectivity index (χ0) is 24.5. The number of carbonyl (C=O) groups excluding carboxylic acids is 1. The summed E-state index contributed by atoms with van der Waals surface area (Å²) < 4.78 is 35.1. The number of fused-ring (bicyclic) bond motifs is 1. The van der Waals surface area contributed by atoms with Gasteiger partial charge in [-0.1, -0.05) is 24.3 Å². The van der Waals surface area contributed by atoms with Gasteiger partial charge in [0.1, 0.15) is 10.8 Å². The molecule has 0 saturated heterocycles. The number of benzene rings is 2. The maximum Gasteiger partial charge on any atom is 0.330 e. The SMILES string of the molecule is N#Cc1ccc(Cn2c(=O)[nH]c3c(c2=O)C=C(C(=O)NCc2ccc(F)cc2)CS3(O)O)cc1. The number of aromatic nitrogens is 2. The Morgan fingerprint density at radius 1 is 1.12 bits per heavy atom. The van der Waals surface area contributed by atoms with Crippen molar-refractivity contribution in [1.29, 1.82) is 5.26 Å². The van der Waals surface area contributed by atoms with Crippen LogP contribution in [-0.4, -0.2) is 30.3 Å². The number of amides is 1. The quantitative estimate of drug-likeness (QED) is 0.411. The summed E-state index contributed by atoms with van der Waals surface area (Å²) in [5, 5.41) is 11.2. The van der Waals surface area contributed by atoms with E-state index in [1.807, 2.05) is 6.07 Å². The van der Waals surface area contributed by atoms with E-state index in [-0.39, 0.29) is 29.3 Å². The van der Waals surface area contributed by atoms with Crippen molar-refractivity contribution in [3.05, 3.63) is 103 Å². The van der Waals surface area contributed by atoms with Gasteiger partial charge in [0.2, 0.25) is 5.91 Å². The molecule has 1 amide bonds. The molecule has 2 aromatic carbocycles. The molecule has 2 heterocycles. The smallest absolute Gasteiger partial charge is 0.330 e. The van der Waals surface area contributed by atoms with Crippen molar-refractivity contribution in [3.8, 4) is 6.07 Å². The molecule has 1 aliphatic heterocycles. The van der Waals surface area contributed by atoms with Crippen LogP contribution < -0.4 is 16.6 Å². The number of aromatic amines is 1. The topological polar surface area (TPSA) is 148 Å². The first-order valence-corrected chi connectivity index (χ1v) is 11.7. The Morgan fingerprint density at radius 3 is 2.41 bits per heavy atom. The van der Waals surface area contributed by atoms with Crippen molar-refractivity contribution >= 4 is 22.6 Å². The van der Waals surface area contributed by atoms with Gasteiger partial charge in [0.05, 0.1) is 29.5 Å². The largest absolute Gasteiger partial charge is 0.348 e. The molecule has 0 radical (unpaired) electrons. The fourth-order valence-corrected chi connectivity index (χ4v) is 5.04. The Morgan fingerprint density at radius 2 is 1.76 bits per heavy atom. The molecule has 0 atom stereocenters. The molecule has 1 aliphatic rings. The van der Waals surface area contributed by atoms with E-state index in [9.17, 15) is 27.9 Å². The molecule has 0 aliphatic carbocycles. The monoisotopic (exact) mass is 482 g/mol. The molecule has 0 bridgehead atoms. The van der Waals surface area contributed by atoms with Gasteiger partial charge in [-0.15, -0.1) is 10.6 Å². The van der Waals surface area contributed by atoms with Gasteiger partial charge >= 0.3 is 5.69 Å². The first kappa shape index (κ1) is 23.2. The number of hydrogen-bond donors (Lipinski definition) is 4. The molecule has 3 aromatic rings. The number of hydrogen-bond acceptors (Lipinski definition) is 6. The lowest BCUT2D eigenvalue weighted by molar-refractivity contribution is -0.117. The van der Waals surface area contributed by atoms with E-state index in [0.29, 0.717) is 16.7 Å². The van der Waals surface area contributed by atoms with Crippen molar-refractivity contribution in [3.63, 3.8) is 0 Å². The van der Waals surface area contributed by atoms with Crippen LogP contribution in [0.2, 0.25) is 0 Å². The summed E-state index contributed by atoms with van der Waals surface area (Å²) in [4.78, 5) is 40.7. The normalized spacial score (nSPS) is 14.9. The van der Waals surface area contributed by atoms with Gasteiger partial charge < -0.3 is 5.32 Å². The van der Waals surface area contributed by atoms with Gasteiger partial charge in [-0.3, -0.25) is 28.2 Å². The van der Waals surface area contributed by atoms with Crippen molar-refractivity contribution in [1.82, 2.24) is 14.9 Å². The minimum atomic E-state index is -3.65. The lowest BCUT2D eigenvalue weighted by Crippen LogP contribution is -2.40. The van der Waals surface area contributed by atoms with E-state index in [4.69, 9.17) is 5.26 Å². The Kier molecular flexibility index (Phi) is 6.21. The molecule has 0 fully saturated rings. The Bertz CT molecular complexity index is 1450. The van der Waals surface area contributed by atoms with E-state index >= 15 is 0 Å². The Labute approximate surface area is 194 Å². The van der Waals surface area contributed by atoms with Crippen LogP contribution in [0.3, 0.4) is 0 Å². The predicted octanol–water partition coefficient (Wildman–Crippen LogP) is 2.42. The van der Waals surface area contributed by atoms with Crippen LogP contribution >= 0.6 is 10.6 Å². The molecule has 11 heteroatoms. The molecule has 0 unspecified atom stereocenters. The van der Waals surface area contributed by atoms with Crippen molar-refractivity contribution in [2.75, 3.05) is 5.75 Å². The molecule has 34 heavy (non-hydrogen) atoms. The fourth-order valence-electron chi connectivity index (χ4n) is 3.50. The van der Waals surface area contributed by atoms with Crippen molar-refractivity contribution < 1.29 is 18.3 Å². The molecular formula is C23H19FN4O5S. The average Bonchev–Trinajstić information content (AvgIpc) is 2.82. The number of nitrogens with one attached hydrogen (secondary N) is 2. The maximum atomic E-state index is 13.1. The standard InChI is InChI=1S/C23H19FN4O5S/c24-18-7-5-15(6-8-18)11-26-20(29)17-9-19-21(34(32,33)13-17)27-23(31)28(22(19)30)12-16-3-1-14(10-25)2-4-16/h1-9,32-33H,11-13H2,(H,26,29)(H,27,31). The molecule has 4 N–H and O–H groups in total. The van der Waals surface area contributed by atoms with Gasteiger partial charge in [-0.05, 0) is 41.5 Å². The highest BCUT2D eigenvalue weighted by atomic mass is 32.3. The van der Waals surface area contributed by atoms with Crippen LogP contribution in [0.25, 0.3) is 6.08 Å². The predicted molar refractivity (Wildman–Crippen MR) is 124 cm³/mol. The second-order valence-corrected chi connectivity index (χ2v) is 9.69. The second-order valence-electron chi connectivity index (χ2n) is 7.66. The van der Waals surface area contributed by atoms with Gasteiger partial charge in [-0.25, -0.2) is 9.18 Å². The third-order valence-electron chi connectivity index (χ3n) is 5.27. The maximum absolute atomic E-state index is 13.1. The van der Waals surface area contributed by atoms with Crippen LogP contribution in [-0.2, 0) is 17.9 Å². The van der Waals surface area contributed by atoms with Crippen LogP contribution in [0.15, 0.2) is 68.7 Å². The number of H-pyrrole nitrogens is 1. The highest BCUT2D eigenvalue weighted by molar-refractivity contribution is 8.24. The summed E-state index contributed by atoms with van der Waals surface area (Å²) in [6.07, 6.45) is 1.24. The summed E-state index contributed by atoms with van der Waals surface area (Å²) >= 11 is 0. The van der Waals surface area contributed by atoms with Crippen LogP contribution in [0.1, 0.15) is 22.3 Å². The molecule has 4 rings (SSSR count). The molecule has 0 spiro atoms. The summed E-state index contributed by atoms with van der Waals surface area (Å²) in [5.41, 5.74) is -0.210. The average molecular weight is 482 g/mol. The minimum Gasteiger partial charge on any atom is -0.348 e. The van der Waals surface area contributed by atoms with Crippen LogP contribution in [0, 0.1) is 17.1 Å². The summed E-state index contributed by atoms with van der Waals surface area (Å²) in [5.74, 6) is -1.51. The molecule has 174 valence electrons. The van der Waals surface area contributed by atoms with Crippen LogP contribution in [0.4, 0.5) is 4.39 Å². The third-order valence-corrected chi connectivity index (χ3v) is 6.96. The van der Waals surface area contributed by atoms with Gasteiger partial charge in [0.15, 0.2) is 0 Å². The van der Waals surface area contributed by atoms with Gasteiger partial charge in [0, 0.05) is 12.1 Å².